The third-order valence-electron chi connectivity index (χ3n) is 6.36. The molecule has 2 aliphatic heterocycles. The number of anilines is 2. The largest absolute Gasteiger partial charge is 0.508 e. The molecule has 8 heteroatoms. The molecule has 0 bridgehead atoms. The van der Waals surface area contributed by atoms with E-state index in [-0.39, 0.29) is 30.2 Å². The molecule has 3 heterocycles. The molecule has 2 aromatic rings. The zero-order valence-corrected chi connectivity index (χ0v) is 17.8. The summed E-state index contributed by atoms with van der Waals surface area (Å²) in [5.74, 6) is 2.06. The number of hydrogen-bond acceptors (Lipinski definition) is 7. The summed E-state index contributed by atoms with van der Waals surface area (Å²) < 4.78 is 0. The number of carbonyl (C=O) groups is 1. The number of aliphatic hydroxyl groups excluding tert-OH is 1. The molecule has 2 fully saturated rings. The maximum Gasteiger partial charge on any atom is 0.223 e. The Labute approximate surface area is 182 Å². The summed E-state index contributed by atoms with van der Waals surface area (Å²) in [6.07, 6.45) is 4.41. The number of piperidine rings is 1. The molecule has 0 spiro atoms. The first-order valence-electron chi connectivity index (χ1n) is 11.2. The highest BCUT2D eigenvalue weighted by molar-refractivity contribution is 5.79. The number of aliphatic hydroxyl groups is 1. The topological polar surface area (TPSA) is 102 Å². The van der Waals surface area contributed by atoms with Crippen LogP contribution in [0.1, 0.15) is 31.2 Å². The Morgan fingerprint density at radius 1 is 1.00 bits per heavy atom. The first-order chi connectivity index (χ1) is 15.1. The number of rotatable bonds is 7. The minimum atomic E-state index is 0.0261. The normalized spacial score (nSPS) is 19.6. The smallest absolute Gasteiger partial charge is 0.223 e. The number of nitrogens with one attached hydrogen (secondary N) is 1. The molecule has 2 saturated heterocycles. The highest BCUT2D eigenvalue weighted by atomic mass is 16.3. The summed E-state index contributed by atoms with van der Waals surface area (Å²) in [5.41, 5.74) is 1.09. The molecular weight excluding hydrogens is 394 g/mol. The fourth-order valence-electron chi connectivity index (χ4n) is 4.47. The highest BCUT2D eigenvalue weighted by Gasteiger charge is 2.27. The van der Waals surface area contributed by atoms with Gasteiger partial charge in [-0.15, -0.1) is 10.2 Å². The van der Waals surface area contributed by atoms with E-state index in [1.807, 2.05) is 24.3 Å². The van der Waals surface area contributed by atoms with Crippen molar-refractivity contribution in [2.45, 2.75) is 38.1 Å². The fraction of sp³-hybridized carbons (Fsp3) is 0.522. The Morgan fingerprint density at radius 2 is 1.71 bits per heavy atom. The van der Waals surface area contributed by atoms with Gasteiger partial charge in [0.05, 0.1) is 12.6 Å². The van der Waals surface area contributed by atoms with Crippen LogP contribution in [0.2, 0.25) is 0 Å². The molecule has 4 rings (SSSR count). The van der Waals surface area contributed by atoms with Crippen LogP contribution in [-0.2, 0) is 11.2 Å². The van der Waals surface area contributed by atoms with Crippen LogP contribution in [0.15, 0.2) is 36.4 Å². The monoisotopic (exact) mass is 425 g/mol. The second-order valence-corrected chi connectivity index (χ2v) is 8.39. The van der Waals surface area contributed by atoms with E-state index in [1.54, 1.807) is 12.1 Å². The van der Waals surface area contributed by atoms with Crippen LogP contribution in [0, 0.1) is 5.92 Å². The van der Waals surface area contributed by atoms with E-state index < -0.39 is 0 Å². The van der Waals surface area contributed by atoms with Gasteiger partial charge in [0.25, 0.3) is 0 Å². The molecule has 1 amide bonds. The van der Waals surface area contributed by atoms with Crippen LogP contribution in [0.5, 0.6) is 5.75 Å². The Balaban J connectivity index is 1.22. The van der Waals surface area contributed by atoms with Gasteiger partial charge in [0.1, 0.15) is 5.75 Å². The third-order valence-corrected chi connectivity index (χ3v) is 6.36. The van der Waals surface area contributed by atoms with Gasteiger partial charge in [0, 0.05) is 32.1 Å². The Kier molecular flexibility index (Phi) is 6.86. The van der Waals surface area contributed by atoms with Crippen molar-refractivity contribution in [3.63, 3.8) is 0 Å². The average molecular weight is 426 g/mol. The summed E-state index contributed by atoms with van der Waals surface area (Å²) in [6.45, 7) is 3.22. The average Bonchev–Trinajstić information content (AvgIpc) is 3.29. The number of nitrogens with zero attached hydrogens (tertiary/aromatic N) is 4. The van der Waals surface area contributed by atoms with Gasteiger partial charge in [-0.3, -0.25) is 4.79 Å². The lowest BCUT2D eigenvalue weighted by molar-refractivity contribution is -0.125. The van der Waals surface area contributed by atoms with Gasteiger partial charge in [-0.05, 0) is 61.9 Å². The Bertz CT molecular complexity index is 851. The Morgan fingerprint density at radius 3 is 2.39 bits per heavy atom. The minimum absolute atomic E-state index is 0.0261. The lowest BCUT2D eigenvalue weighted by atomic mass is 9.96. The molecule has 8 nitrogen and oxygen atoms in total. The predicted molar refractivity (Wildman–Crippen MR) is 119 cm³/mol. The highest BCUT2D eigenvalue weighted by Crippen LogP contribution is 2.26. The van der Waals surface area contributed by atoms with E-state index in [9.17, 15) is 15.0 Å². The van der Waals surface area contributed by atoms with Crippen LogP contribution in [0.25, 0.3) is 0 Å². The Hall–Kier alpha value is -2.87. The maximum atomic E-state index is 12.5. The molecule has 2 aliphatic rings. The van der Waals surface area contributed by atoms with Crippen LogP contribution in [0.4, 0.5) is 11.6 Å². The van der Waals surface area contributed by atoms with Gasteiger partial charge in [-0.1, -0.05) is 12.1 Å². The van der Waals surface area contributed by atoms with Gasteiger partial charge in [-0.25, -0.2) is 0 Å². The summed E-state index contributed by atoms with van der Waals surface area (Å²) in [6, 6.07) is 11.2. The van der Waals surface area contributed by atoms with Gasteiger partial charge < -0.3 is 25.3 Å². The number of phenolic OH excluding ortho intramolecular Hbond substituents is 1. The SMILES string of the molecule is O=C(NCCc1ccc(O)cc1)C1CCN(c2ccc(N3CCCC3CO)nn2)CC1. The van der Waals surface area contributed by atoms with E-state index in [2.05, 4.69) is 25.3 Å². The molecule has 31 heavy (non-hydrogen) atoms. The third kappa shape index (κ3) is 5.25. The molecule has 1 atom stereocenters. The van der Waals surface area contributed by atoms with Crippen molar-refractivity contribution in [1.29, 1.82) is 0 Å². The minimum Gasteiger partial charge on any atom is -0.508 e. The summed E-state index contributed by atoms with van der Waals surface area (Å²) in [4.78, 5) is 16.8. The van der Waals surface area contributed by atoms with E-state index in [0.29, 0.717) is 6.54 Å². The second-order valence-electron chi connectivity index (χ2n) is 8.39. The van der Waals surface area contributed by atoms with E-state index >= 15 is 0 Å². The van der Waals surface area contributed by atoms with E-state index in [4.69, 9.17) is 0 Å². The maximum absolute atomic E-state index is 12.5. The van der Waals surface area contributed by atoms with E-state index in [0.717, 1.165) is 68.9 Å². The zero-order chi connectivity index (χ0) is 21.6. The molecule has 1 aromatic heterocycles. The molecule has 3 N–H and O–H groups in total. The fourth-order valence-corrected chi connectivity index (χ4v) is 4.47. The van der Waals surface area contributed by atoms with Gasteiger partial charge in [0.2, 0.25) is 5.91 Å². The number of aromatic nitrogens is 2. The first kappa shape index (κ1) is 21.4. The number of carbonyl (C=O) groups excluding carboxylic acids is 1. The number of phenols is 1. The van der Waals surface area contributed by atoms with Crippen LogP contribution < -0.4 is 15.1 Å². The van der Waals surface area contributed by atoms with Crippen molar-refractivity contribution < 1.29 is 15.0 Å². The van der Waals surface area contributed by atoms with Gasteiger partial charge >= 0.3 is 0 Å². The first-order valence-corrected chi connectivity index (χ1v) is 11.2. The van der Waals surface area contributed by atoms with Crippen LogP contribution in [0.3, 0.4) is 0 Å². The zero-order valence-electron chi connectivity index (χ0n) is 17.8. The molecule has 0 aliphatic carbocycles. The van der Waals surface area contributed by atoms with Crippen LogP contribution >= 0.6 is 0 Å². The van der Waals surface area contributed by atoms with Crippen molar-refractivity contribution >= 4 is 17.5 Å². The second kappa shape index (κ2) is 9.96. The standard InChI is InChI=1S/C23H31N5O3/c29-16-19-2-1-13-28(19)22-8-7-21(25-26-22)27-14-10-18(11-15-27)23(31)24-12-9-17-3-5-20(30)6-4-17/h3-8,18-19,29-30H,1-2,9-16H2,(H,24,31). The van der Waals surface area contributed by atoms with Crippen molar-refractivity contribution in [2.24, 2.45) is 5.92 Å². The predicted octanol–water partition coefficient (Wildman–Crippen LogP) is 1.72. The van der Waals surface area contributed by atoms with Crippen molar-refractivity contribution in [3.8, 4) is 5.75 Å². The van der Waals surface area contributed by atoms with Crippen molar-refractivity contribution in [3.05, 3.63) is 42.0 Å². The number of hydrogen-bond donors (Lipinski definition) is 3. The summed E-state index contributed by atoms with van der Waals surface area (Å²) >= 11 is 0. The molecule has 1 unspecified atom stereocenters. The molecule has 166 valence electrons. The van der Waals surface area contributed by atoms with Gasteiger partial charge in [-0.2, -0.15) is 0 Å². The molecule has 0 radical (unpaired) electrons. The van der Waals surface area contributed by atoms with Crippen molar-refractivity contribution in [2.75, 3.05) is 42.6 Å². The quantitative estimate of drug-likeness (QED) is 0.621. The molecule has 0 saturated carbocycles. The molecule has 1 aromatic carbocycles. The molecular formula is C23H31N5O3. The lowest BCUT2D eigenvalue weighted by Gasteiger charge is -2.32. The lowest BCUT2D eigenvalue weighted by Crippen LogP contribution is -2.41. The summed E-state index contributed by atoms with van der Waals surface area (Å²) in [7, 11) is 0. The summed E-state index contributed by atoms with van der Waals surface area (Å²) in [5, 5.41) is 30.7. The number of amides is 1. The van der Waals surface area contributed by atoms with Crippen LogP contribution in [-0.4, -0.2) is 65.1 Å². The van der Waals surface area contributed by atoms with Crippen molar-refractivity contribution in [1.82, 2.24) is 15.5 Å². The number of aromatic hydroxyl groups is 1. The van der Waals surface area contributed by atoms with Gasteiger partial charge in [0.15, 0.2) is 11.6 Å². The number of benzene rings is 1. The van der Waals surface area contributed by atoms with E-state index in [1.165, 1.54) is 0 Å².